The SMILES string of the molecule is O=S(=O)(c1ccc(Nc2nccc(Nc3ccc(F)cc3)n2)cc1)N1CCC(C(O)c2cccnc2)CC1. The Morgan fingerprint density at radius 2 is 1.61 bits per heavy atom. The maximum Gasteiger partial charge on any atom is 0.243 e. The highest BCUT2D eigenvalue weighted by Gasteiger charge is 2.32. The van der Waals surface area contributed by atoms with E-state index in [0.29, 0.717) is 49.1 Å². The lowest BCUT2D eigenvalue weighted by molar-refractivity contribution is 0.0758. The van der Waals surface area contributed by atoms with Gasteiger partial charge in [-0.15, -0.1) is 0 Å². The zero-order chi connectivity index (χ0) is 26.5. The van der Waals surface area contributed by atoms with Crippen LogP contribution in [0.25, 0.3) is 0 Å². The maximum absolute atomic E-state index is 13.2. The van der Waals surface area contributed by atoms with Gasteiger partial charge in [-0.25, -0.2) is 17.8 Å². The summed E-state index contributed by atoms with van der Waals surface area (Å²) in [5.74, 6) is 0.494. The molecule has 1 atom stereocenters. The highest BCUT2D eigenvalue weighted by Crippen LogP contribution is 2.32. The molecule has 0 radical (unpaired) electrons. The van der Waals surface area contributed by atoms with Crippen molar-refractivity contribution in [1.29, 1.82) is 0 Å². The predicted molar refractivity (Wildman–Crippen MR) is 142 cm³/mol. The number of hydrogen-bond donors (Lipinski definition) is 3. The molecular formula is C27H27FN6O3S. The maximum atomic E-state index is 13.2. The van der Waals surface area contributed by atoms with Crippen LogP contribution in [0.4, 0.5) is 27.5 Å². The van der Waals surface area contributed by atoms with Crippen molar-refractivity contribution in [2.24, 2.45) is 5.92 Å². The van der Waals surface area contributed by atoms with E-state index in [1.165, 1.54) is 16.4 Å². The first kappa shape index (κ1) is 25.7. The molecule has 1 aliphatic heterocycles. The van der Waals surface area contributed by atoms with Crippen LogP contribution in [0.3, 0.4) is 0 Å². The Labute approximate surface area is 220 Å². The summed E-state index contributed by atoms with van der Waals surface area (Å²) in [5, 5.41) is 16.8. The van der Waals surface area contributed by atoms with Gasteiger partial charge in [0.25, 0.3) is 0 Å². The molecule has 1 aliphatic rings. The summed E-state index contributed by atoms with van der Waals surface area (Å²) in [6.07, 6.45) is 5.35. The Morgan fingerprint density at radius 1 is 0.921 bits per heavy atom. The van der Waals surface area contributed by atoms with Crippen LogP contribution in [0, 0.1) is 11.7 Å². The summed E-state index contributed by atoms with van der Waals surface area (Å²) in [6, 6.07) is 17.6. The van der Waals surface area contributed by atoms with Crippen LogP contribution in [0.15, 0.2) is 90.2 Å². The predicted octanol–water partition coefficient (Wildman–Crippen LogP) is 4.63. The third-order valence-corrected chi connectivity index (χ3v) is 8.40. The van der Waals surface area contributed by atoms with Crippen molar-refractivity contribution in [2.45, 2.75) is 23.8 Å². The molecule has 9 nitrogen and oxygen atoms in total. The minimum Gasteiger partial charge on any atom is -0.388 e. The number of pyridine rings is 1. The number of aliphatic hydroxyl groups is 1. The second-order valence-corrected chi connectivity index (χ2v) is 11.0. The fourth-order valence-electron chi connectivity index (χ4n) is 4.41. The monoisotopic (exact) mass is 534 g/mol. The van der Waals surface area contributed by atoms with Gasteiger partial charge in [0.1, 0.15) is 11.6 Å². The molecule has 196 valence electrons. The Kier molecular flexibility index (Phi) is 7.59. The fraction of sp³-hybridized carbons (Fsp3) is 0.222. The van der Waals surface area contributed by atoms with Crippen molar-refractivity contribution in [3.63, 3.8) is 0 Å². The molecule has 0 bridgehead atoms. The third-order valence-electron chi connectivity index (χ3n) is 6.49. The Bertz CT molecular complexity index is 1460. The largest absolute Gasteiger partial charge is 0.388 e. The summed E-state index contributed by atoms with van der Waals surface area (Å²) < 4.78 is 41.0. The number of benzene rings is 2. The summed E-state index contributed by atoms with van der Waals surface area (Å²) in [7, 11) is -3.67. The van der Waals surface area contributed by atoms with E-state index in [4.69, 9.17) is 0 Å². The van der Waals surface area contributed by atoms with Gasteiger partial charge in [0.2, 0.25) is 16.0 Å². The van der Waals surface area contributed by atoms with Crippen LogP contribution in [0.1, 0.15) is 24.5 Å². The molecule has 11 heteroatoms. The van der Waals surface area contributed by atoms with Crippen LogP contribution in [-0.4, -0.2) is 45.9 Å². The second-order valence-electron chi connectivity index (χ2n) is 9.02. The van der Waals surface area contributed by atoms with Crippen molar-refractivity contribution in [3.05, 3.63) is 96.7 Å². The summed E-state index contributed by atoms with van der Waals surface area (Å²) in [6.45, 7) is 0.679. The number of piperidine rings is 1. The van der Waals surface area contributed by atoms with E-state index >= 15 is 0 Å². The Hall–Kier alpha value is -3.93. The second kappa shape index (κ2) is 11.2. The quantitative estimate of drug-likeness (QED) is 0.299. The van der Waals surface area contributed by atoms with E-state index in [9.17, 15) is 17.9 Å². The average molecular weight is 535 g/mol. The van der Waals surface area contributed by atoms with Gasteiger partial charge in [-0.1, -0.05) is 6.07 Å². The van der Waals surface area contributed by atoms with Crippen molar-refractivity contribution in [3.8, 4) is 0 Å². The number of nitrogens with one attached hydrogen (secondary N) is 2. The minimum absolute atomic E-state index is 0.0227. The number of anilines is 4. The Morgan fingerprint density at radius 3 is 2.29 bits per heavy atom. The Balaban J connectivity index is 1.20. The van der Waals surface area contributed by atoms with Gasteiger partial charge in [-0.3, -0.25) is 4.98 Å². The van der Waals surface area contributed by atoms with E-state index in [0.717, 1.165) is 5.56 Å². The molecule has 0 saturated carbocycles. The summed E-state index contributed by atoms with van der Waals surface area (Å²) in [5.41, 5.74) is 2.06. The normalized spacial score (nSPS) is 15.6. The first-order valence-electron chi connectivity index (χ1n) is 12.2. The van der Waals surface area contributed by atoms with Crippen molar-refractivity contribution >= 4 is 33.2 Å². The number of sulfonamides is 1. The summed E-state index contributed by atoms with van der Waals surface area (Å²) >= 11 is 0. The van der Waals surface area contributed by atoms with Gasteiger partial charge in [-0.2, -0.15) is 9.29 Å². The number of hydrogen-bond acceptors (Lipinski definition) is 8. The van der Waals surface area contributed by atoms with Crippen molar-refractivity contribution in [1.82, 2.24) is 19.3 Å². The van der Waals surface area contributed by atoms with E-state index in [1.807, 2.05) is 6.07 Å². The van der Waals surface area contributed by atoms with E-state index < -0.39 is 16.1 Å². The smallest absolute Gasteiger partial charge is 0.243 e. The number of nitrogens with zero attached hydrogens (tertiary/aromatic N) is 4. The van der Waals surface area contributed by atoms with E-state index in [1.54, 1.807) is 67.1 Å². The molecule has 1 fully saturated rings. The number of aliphatic hydroxyl groups excluding tert-OH is 1. The molecule has 3 N–H and O–H groups in total. The first-order valence-corrected chi connectivity index (χ1v) is 13.6. The van der Waals surface area contributed by atoms with Gasteiger partial charge < -0.3 is 15.7 Å². The van der Waals surface area contributed by atoms with Crippen molar-refractivity contribution < 1.29 is 17.9 Å². The van der Waals surface area contributed by atoms with Gasteiger partial charge in [-0.05, 0) is 85.0 Å². The molecule has 0 spiro atoms. The summed E-state index contributed by atoms with van der Waals surface area (Å²) in [4.78, 5) is 12.9. The van der Waals surface area contributed by atoms with Crippen LogP contribution < -0.4 is 10.6 Å². The highest BCUT2D eigenvalue weighted by molar-refractivity contribution is 7.89. The molecule has 38 heavy (non-hydrogen) atoms. The molecule has 3 heterocycles. The molecular weight excluding hydrogens is 507 g/mol. The van der Waals surface area contributed by atoms with Crippen LogP contribution in [-0.2, 0) is 10.0 Å². The topological polar surface area (TPSA) is 120 Å². The molecule has 5 rings (SSSR count). The van der Waals surface area contributed by atoms with Crippen LogP contribution >= 0.6 is 0 Å². The zero-order valence-corrected chi connectivity index (χ0v) is 21.2. The molecule has 1 unspecified atom stereocenters. The van der Waals surface area contributed by atoms with Crippen LogP contribution in [0.5, 0.6) is 0 Å². The molecule has 4 aromatic rings. The first-order chi connectivity index (χ1) is 18.4. The molecule has 2 aromatic heterocycles. The van der Waals surface area contributed by atoms with Crippen molar-refractivity contribution in [2.75, 3.05) is 23.7 Å². The van der Waals surface area contributed by atoms with Gasteiger partial charge in [0.15, 0.2) is 0 Å². The third kappa shape index (κ3) is 5.96. The average Bonchev–Trinajstić information content (AvgIpc) is 2.95. The van der Waals surface area contributed by atoms with Gasteiger partial charge >= 0.3 is 0 Å². The lowest BCUT2D eigenvalue weighted by Crippen LogP contribution is -2.39. The standard InChI is InChI=1S/C27H27FN6O3S/c28-21-3-5-22(6-4-21)31-25-11-15-30-27(33-25)32-23-7-9-24(10-8-23)38(36,37)34-16-12-19(13-17-34)26(35)20-2-1-14-29-18-20/h1-11,14-15,18-19,26,35H,12-13,16-17H2,(H2,30,31,32,33). The number of halogens is 1. The van der Waals surface area contributed by atoms with Gasteiger partial charge in [0, 0.05) is 43.1 Å². The van der Waals surface area contributed by atoms with Crippen LogP contribution in [0.2, 0.25) is 0 Å². The van der Waals surface area contributed by atoms with E-state index in [-0.39, 0.29) is 16.6 Å². The molecule has 2 aromatic carbocycles. The molecule has 0 amide bonds. The van der Waals surface area contributed by atoms with Gasteiger partial charge in [0.05, 0.1) is 11.0 Å². The lowest BCUT2D eigenvalue weighted by atomic mass is 9.89. The number of aromatic nitrogens is 3. The highest BCUT2D eigenvalue weighted by atomic mass is 32.2. The molecule has 0 aliphatic carbocycles. The molecule has 1 saturated heterocycles. The minimum atomic E-state index is -3.67. The number of rotatable bonds is 8. The van der Waals surface area contributed by atoms with E-state index in [2.05, 4.69) is 25.6 Å². The fourth-order valence-corrected chi connectivity index (χ4v) is 5.88. The lowest BCUT2D eigenvalue weighted by Gasteiger charge is -2.33. The zero-order valence-electron chi connectivity index (χ0n) is 20.4.